The summed E-state index contributed by atoms with van der Waals surface area (Å²) in [7, 11) is 0. The van der Waals surface area contributed by atoms with Gasteiger partial charge in [-0.05, 0) is 37.5 Å². The van der Waals surface area contributed by atoms with Crippen molar-refractivity contribution in [3.63, 3.8) is 0 Å². The van der Waals surface area contributed by atoms with Crippen molar-refractivity contribution in [1.29, 1.82) is 0 Å². The van der Waals surface area contributed by atoms with Crippen molar-refractivity contribution in [3.05, 3.63) is 18.7 Å². The Morgan fingerprint density at radius 1 is 1.23 bits per heavy atom. The summed E-state index contributed by atoms with van der Waals surface area (Å²) in [6.45, 7) is 5.15. The highest BCUT2D eigenvalue weighted by Crippen LogP contribution is 2.40. The Labute approximate surface area is 131 Å². The van der Waals surface area contributed by atoms with Gasteiger partial charge in [-0.1, -0.05) is 0 Å². The highest BCUT2D eigenvalue weighted by molar-refractivity contribution is 5.74. The molecule has 1 N–H and O–H groups in total. The Balaban J connectivity index is 1.35. The molecule has 6 heteroatoms. The molecule has 0 atom stereocenters. The van der Waals surface area contributed by atoms with Gasteiger partial charge in [-0.25, -0.2) is 9.78 Å². The number of imidazole rings is 1. The van der Waals surface area contributed by atoms with Crippen LogP contribution < -0.4 is 5.32 Å². The zero-order valence-electron chi connectivity index (χ0n) is 13.2. The molecule has 1 aromatic rings. The first-order chi connectivity index (χ1) is 10.8. The molecule has 0 aliphatic carbocycles. The van der Waals surface area contributed by atoms with Gasteiger partial charge < -0.3 is 19.5 Å². The van der Waals surface area contributed by atoms with Crippen LogP contribution in [0.25, 0.3) is 0 Å². The van der Waals surface area contributed by atoms with Crippen LogP contribution in [-0.2, 0) is 11.3 Å². The molecule has 0 saturated carbocycles. The van der Waals surface area contributed by atoms with E-state index in [1.807, 2.05) is 15.7 Å². The second kappa shape index (κ2) is 7.13. The molecule has 1 spiro atoms. The molecular formula is C16H26N4O2. The molecule has 2 amide bonds. The van der Waals surface area contributed by atoms with Crippen molar-refractivity contribution < 1.29 is 9.53 Å². The Morgan fingerprint density at radius 3 is 2.68 bits per heavy atom. The van der Waals surface area contributed by atoms with Gasteiger partial charge in [0.15, 0.2) is 0 Å². The number of nitrogens with zero attached hydrogens (tertiary/aromatic N) is 3. The number of hydrogen-bond acceptors (Lipinski definition) is 3. The number of nitrogens with one attached hydrogen (secondary N) is 1. The van der Waals surface area contributed by atoms with E-state index in [0.29, 0.717) is 12.0 Å². The van der Waals surface area contributed by atoms with Gasteiger partial charge >= 0.3 is 6.03 Å². The van der Waals surface area contributed by atoms with Crippen molar-refractivity contribution in [2.24, 2.45) is 5.41 Å². The second-order valence-corrected chi connectivity index (χ2v) is 6.49. The molecular weight excluding hydrogens is 280 g/mol. The van der Waals surface area contributed by atoms with E-state index in [1.165, 1.54) is 0 Å². The highest BCUT2D eigenvalue weighted by atomic mass is 16.5. The maximum atomic E-state index is 12.2. The first kappa shape index (κ1) is 15.3. The number of aryl methyl sites for hydroxylation is 1. The number of carbonyl (C=O) groups excluding carboxylic acids is 1. The van der Waals surface area contributed by atoms with Gasteiger partial charge in [0, 0.05) is 51.8 Å². The predicted molar refractivity (Wildman–Crippen MR) is 83.5 cm³/mol. The summed E-state index contributed by atoms with van der Waals surface area (Å²) in [6, 6.07) is 0.0903. The van der Waals surface area contributed by atoms with Crippen LogP contribution in [0.15, 0.2) is 18.7 Å². The van der Waals surface area contributed by atoms with Gasteiger partial charge in [0.2, 0.25) is 0 Å². The number of carbonyl (C=O) groups is 1. The van der Waals surface area contributed by atoms with Gasteiger partial charge in [0.1, 0.15) is 0 Å². The molecule has 3 heterocycles. The zero-order valence-corrected chi connectivity index (χ0v) is 13.2. The Bertz CT molecular complexity index is 459. The normalized spacial score (nSPS) is 21.0. The fraction of sp³-hybridized carbons (Fsp3) is 0.750. The fourth-order valence-corrected chi connectivity index (χ4v) is 3.48. The van der Waals surface area contributed by atoms with Gasteiger partial charge in [-0.15, -0.1) is 0 Å². The molecule has 122 valence electrons. The van der Waals surface area contributed by atoms with E-state index in [1.54, 1.807) is 12.5 Å². The topological polar surface area (TPSA) is 59.4 Å². The number of rotatable bonds is 4. The monoisotopic (exact) mass is 306 g/mol. The van der Waals surface area contributed by atoms with Crippen LogP contribution in [0, 0.1) is 5.41 Å². The van der Waals surface area contributed by atoms with Crippen molar-refractivity contribution in [2.45, 2.75) is 38.6 Å². The van der Waals surface area contributed by atoms with E-state index in [2.05, 4.69) is 10.3 Å². The Hall–Kier alpha value is -1.56. The lowest BCUT2D eigenvalue weighted by atomic mass is 9.72. The van der Waals surface area contributed by atoms with Crippen molar-refractivity contribution >= 4 is 6.03 Å². The maximum Gasteiger partial charge on any atom is 0.317 e. The molecule has 1 aromatic heterocycles. The minimum absolute atomic E-state index is 0.0903. The number of piperidine rings is 1. The van der Waals surface area contributed by atoms with Crippen LogP contribution in [0.3, 0.4) is 0 Å². The van der Waals surface area contributed by atoms with Crippen LogP contribution in [-0.4, -0.2) is 53.3 Å². The zero-order chi connectivity index (χ0) is 15.3. The molecule has 2 aliphatic rings. The van der Waals surface area contributed by atoms with Gasteiger partial charge in [-0.3, -0.25) is 0 Å². The van der Waals surface area contributed by atoms with Crippen LogP contribution >= 0.6 is 0 Å². The van der Waals surface area contributed by atoms with Gasteiger partial charge in [0.25, 0.3) is 0 Å². The second-order valence-electron chi connectivity index (χ2n) is 6.49. The average molecular weight is 306 g/mol. The molecule has 2 saturated heterocycles. The third kappa shape index (κ3) is 3.80. The summed E-state index contributed by atoms with van der Waals surface area (Å²) >= 11 is 0. The van der Waals surface area contributed by atoms with E-state index >= 15 is 0 Å². The van der Waals surface area contributed by atoms with Crippen LogP contribution in [0.4, 0.5) is 4.79 Å². The molecule has 0 radical (unpaired) electrons. The molecule has 0 aromatic carbocycles. The molecule has 2 aliphatic heterocycles. The van der Waals surface area contributed by atoms with Gasteiger partial charge in [-0.2, -0.15) is 0 Å². The summed E-state index contributed by atoms with van der Waals surface area (Å²) in [5, 5.41) is 3.03. The summed E-state index contributed by atoms with van der Waals surface area (Å²) in [6.07, 6.45) is 11.0. The average Bonchev–Trinajstić information content (AvgIpc) is 3.06. The van der Waals surface area contributed by atoms with E-state index in [4.69, 9.17) is 4.74 Å². The highest BCUT2D eigenvalue weighted by Gasteiger charge is 2.36. The minimum Gasteiger partial charge on any atom is -0.381 e. The lowest BCUT2D eigenvalue weighted by Crippen LogP contribution is -2.48. The number of amides is 2. The van der Waals surface area contributed by atoms with Crippen LogP contribution in [0.5, 0.6) is 0 Å². The van der Waals surface area contributed by atoms with Gasteiger partial charge in [0.05, 0.1) is 6.33 Å². The number of ether oxygens (including phenoxy) is 1. The van der Waals surface area contributed by atoms with Crippen molar-refractivity contribution in [1.82, 2.24) is 19.8 Å². The standard InChI is InChI=1S/C16H26N4O2/c21-15(18-6-1-8-19-11-7-17-14-19)20-9-2-16(3-10-20)4-12-22-13-5-16/h7,11,14H,1-6,8-10,12-13H2,(H,18,21). The number of urea groups is 1. The predicted octanol–water partition coefficient (Wildman–Crippen LogP) is 1.88. The summed E-state index contributed by atoms with van der Waals surface area (Å²) < 4.78 is 7.50. The lowest BCUT2D eigenvalue weighted by Gasteiger charge is -2.44. The fourth-order valence-electron chi connectivity index (χ4n) is 3.48. The van der Waals surface area contributed by atoms with E-state index < -0.39 is 0 Å². The van der Waals surface area contributed by atoms with E-state index in [-0.39, 0.29) is 6.03 Å². The molecule has 2 fully saturated rings. The quantitative estimate of drug-likeness (QED) is 0.864. The van der Waals surface area contributed by atoms with E-state index in [9.17, 15) is 4.79 Å². The number of likely N-dealkylation sites (tertiary alicyclic amines) is 1. The minimum atomic E-state index is 0.0903. The number of aromatic nitrogens is 2. The van der Waals surface area contributed by atoms with Crippen molar-refractivity contribution in [3.8, 4) is 0 Å². The SMILES string of the molecule is O=C(NCCCn1ccnc1)N1CCC2(CCOCC2)CC1. The molecule has 6 nitrogen and oxygen atoms in total. The largest absolute Gasteiger partial charge is 0.381 e. The Morgan fingerprint density at radius 2 is 2.00 bits per heavy atom. The van der Waals surface area contributed by atoms with Crippen LogP contribution in [0.2, 0.25) is 0 Å². The van der Waals surface area contributed by atoms with E-state index in [0.717, 1.165) is 65.0 Å². The molecule has 0 unspecified atom stereocenters. The lowest BCUT2D eigenvalue weighted by molar-refractivity contribution is -0.0145. The first-order valence-corrected chi connectivity index (χ1v) is 8.34. The Kier molecular flexibility index (Phi) is 4.97. The molecule has 3 rings (SSSR count). The molecule has 22 heavy (non-hydrogen) atoms. The molecule has 0 bridgehead atoms. The maximum absolute atomic E-state index is 12.2. The summed E-state index contributed by atoms with van der Waals surface area (Å²) in [5.41, 5.74) is 0.441. The van der Waals surface area contributed by atoms with Crippen molar-refractivity contribution in [2.75, 3.05) is 32.8 Å². The third-order valence-corrected chi connectivity index (χ3v) is 5.09. The summed E-state index contributed by atoms with van der Waals surface area (Å²) in [4.78, 5) is 18.2. The third-order valence-electron chi connectivity index (χ3n) is 5.09. The first-order valence-electron chi connectivity index (χ1n) is 8.34. The van der Waals surface area contributed by atoms with Crippen LogP contribution in [0.1, 0.15) is 32.1 Å². The summed E-state index contributed by atoms with van der Waals surface area (Å²) in [5.74, 6) is 0. The number of hydrogen-bond donors (Lipinski definition) is 1. The smallest absolute Gasteiger partial charge is 0.317 e.